The summed E-state index contributed by atoms with van der Waals surface area (Å²) in [4.78, 5) is 0. The molecule has 2 nitrogen and oxygen atoms in total. The SMILES string of the molecule is CCCOc1ccc2c(c1)CCCC2O. The van der Waals surface area contributed by atoms with E-state index in [1.165, 1.54) is 5.56 Å². The van der Waals surface area contributed by atoms with E-state index in [1.54, 1.807) is 0 Å². The normalized spacial score (nSPS) is 19.7. The first-order valence-electron chi connectivity index (χ1n) is 5.75. The molecule has 0 heterocycles. The van der Waals surface area contributed by atoms with Crippen molar-refractivity contribution < 1.29 is 9.84 Å². The molecule has 0 radical (unpaired) electrons. The number of aliphatic hydroxyl groups is 1. The van der Waals surface area contributed by atoms with E-state index in [9.17, 15) is 5.11 Å². The first kappa shape index (κ1) is 10.5. The van der Waals surface area contributed by atoms with Crippen molar-refractivity contribution in [2.75, 3.05) is 6.61 Å². The van der Waals surface area contributed by atoms with Gasteiger partial charge in [-0.2, -0.15) is 0 Å². The third-order valence-corrected chi connectivity index (χ3v) is 2.87. The van der Waals surface area contributed by atoms with Gasteiger partial charge in [-0.1, -0.05) is 13.0 Å². The number of benzene rings is 1. The van der Waals surface area contributed by atoms with Crippen LogP contribution in [0.5, 0.6) is 5.75 Å². The quantitative estimate of drug-likeness (QED) is 0.824. The van der Waals surface area contributed by atoms with Gasteiger partial charge in [-0.3, -0.25) is 0 Å². The molecule has 0 spiro atoms. The average Bonchev–Trinajstić information content (AvgIpc) is 2.26. The Morgan fingerprint density at radius 2 is 2.33 bits per heavy atom. The molecule has 0 saturated carbocycles. The van der Waals surface area contributed by atoms with Gasteiger partial charge in [0.2, 0.25) is 0 Å². The van der Waals surface area contributed by atoms with Crippen molar-refractivity contribution >= 4 is 0 Å². The molecule has 1 atom stereocenters. The van der Waals surface area contributed by atoms with E-state index in [1.807, 2.05) is 12.1 Å². The Morgan fingerprint density at radius 1 is 1.47 bits per heavy atom. The van der Waals surface area contributed by atoms with Crippen LogP contribution in [0.3, 0.4) is 0 Å². The molecule has 1 aliphatic rings. The molecule has 2 rings (SSSR count). The van der Waals surface area contributed by atoms with Crippen LogP contribution in [0.25, 0.3) is 0 Å². The van der Waals surface area contributed by atoms with Crippen molar-refractivity contribution in [1.29, 1.82) is 0 Å². The molecule has 0 amide bonds. The third kappa shape index (κ3) is 2.32. The van der Waals surface area contributed by atoms with Gasteiger partial charge in [0.05, 0.1) is 12.7 Å². The van der Waals surface area contributed by atoms with Crippen LogP contribution >= 0.6 is 0 Å². The molecular formula is C13H18O2. The van der Waals surface area contributed by atoms with Gasteiger partial charge in [-0.05, 0) is 48.9 Å². The summed E-state index contributed by atoms with van der Waals surface area (Å²) in [5.74, 6) is 0.935. The van der Waals surface area contributed by atoms with Gasteiger partial charge in [0, 0.05) is 0 Å². The number of hydrogen-bond donors (Lipinski definition) is 1. The number of hydrogen-bond acceptors (Lipinski definition) is 2. The molecule has 82 valence electrons. The number of ether oxygens (including phenoxy) is 1. The maximum absolute atomic E-state index is 9.79. The number of fused-ring (bicyclic) bond motifs is 1. The summed E-state index contributed by atoms with van der Waals surface area (Å²) in [5.41, 5.74) is 2.34. The standard InChI is InChI=1S/C13H18O2/c1-2-8-15-11-6-7-12-10(9-11)4-3-5-13(12)14/h6-7,9,13-14H,2-5,8H2,1H3. The molecule has 1 unspecified atom stereocenters. The van der Waals surface area contributed by atoms with E-state index in [-0.39, 0.29) is 6.10 Å². The highest BCUT2D eigenvalue weighted by atomic mass is 16.5. The molecule has 0 bridgehead atoms. The van der Waals surface area contributed by atoms with Crippen LogP contribution in [0.4, 0.5) is 0 Å². The van der Waals surface area contributed by atoms with Gasteiger partial charge < -0.3 is 9.84 Å². The summed E-state index contributed by atoms with van der Waals surface area (Å²) in [7, 11) is 0. The predicted molar refractivity (Wildman–Crippen MR) is 60.1 cm³/mol. The summed E-state index contributed by atoms with van der Waals surface area (Å²) in [6, 6.07) is 6.04. The Kier molecular flexibility index (Phi) is 3.27. The van der Waals surface area contributed by atoms with Crippen LogP contribution in [0.15, 0.2) is 18.2 Å². The Morgan fingerprint density at radius 3 is 3.13 bits per heavy atom. The minimum Gasteiger partial charge on any atom is -0.494 e. The number of aryl methyl sites for hydroxylation is 1. The van der Waals surface area contributed by atoms with Crippen molar-refractivity contribution in [2.24, 2.45) is 0 Å². The lowest BCUT2D eigenvalue weighted by Crippen LogP contribution is -2.09. The monoisotopic (exact) mass is 206 g/mol. The summed E-state index contributed by atoms with van der Waals surface area (Å²) < 4.78 is 5.57. The third-order valence-electron chi connectivity index (χ3n) is 2.87. The minimum absolute atomic E-state index is 0.269. The molecule has 0 aromatic heterocycles. The van der Waals surface area contributed by atoms with Crippen LogP contribution in [-0.2, 0) is 6.42 Å². The molecule has 1 aromatic rings. The molecular weight excluding hydrogens is 188 g/mol. The number of aliphatic hydroxyl groups excluding tert-OH is 1. The van der Waals surface area contributed by atoms with E-state index in [4.69, 9.17) is 4.74 Å². The molecule has 1 aliphatic carbocycles. The van der Waals surface area contributed by atoms with E-state index in [2.05, 4.69) is 13.0 Å². The van der Waals surface area contributed by atoms with E-state index in [0.717, 1.165) is 43.6 Å². The van der Waals surface area contributed by atoms with Crippen molar-refractivity contribution in [3.63, 3.8) is 0 Å². The largest absolute Gasteiger partial charge is 0.494 e. The lowest BCUT2D eigenvalue weighted by atomic mass is 9.89. The Labute approximate surface area is 90.9 Å². The number of rotatable bonds is 3. The van der Waals surface area contributed by atoms with Gasteiger partial charge >= 0.3 is 0 Å². The highest BCUT2D eigenvalue weighted by Crippen LogP contribution is 2.31. The topological polar surface area (TPSA) is 29.5 Å². The fraction of sp³-hybridized carbons (Fsp3) is 0.538. The summed E-state index contributed by atoms with van der Waals surface area (Å²) in [6.45, 7) is 2.86. The molecule has 15 heavy (non-hydrogen) atoms. The summed E-state index contributed by atoms with van der Waals surface area (Å²) >= 11 is 0. The fourth-order valence-corrected chi connectivity index (χ4v) is 2.07. The maximum Gasteiger partial charge on any atom is 0.119 e. The first-order chi connectivity index (χ1) is 7.31. The van der Waals surface area contributed by atoms with Crippen molar-refractivity contribution in [1.82, 2.24) is 0 Å². The smallest absolute Gasteiger partial charge is 0.119 e. The predicted octanol–water partition coefficient (Wildman–Crippen LogP) is 2.85. The van der Waals surface area contributed by atoms with Gasteiger partial charge in [0.1, 0.15) is 5.75 Å². The zero-order valence-electron chi connectivity index (χ0n) is 9.20. The van der Waals surface area contributed by atoms with Crippen molar-refractivity contribution in [3.8, 4) is 5.75 Å². The van der Waals surface area contributed by atoms with Crippen molar-refractivity contribution in [2.45, 2.75) is 38.7 Å². The van der Waals surface area contributed by atoms with Crippen LogP contribution in [0.2, 0.25) is 0 Å². The zero-order valence-corrected chi connectivity index (χ0v) is 9.20. The molecule has 1 aromatic carbocycles. The molecule has 1 N–H and O–H groups in total. The van der Waals surface area contributed by atoms with E-state index >= 15 is 0 Å². The minimum atomic E-state index is -0.269. The van der Waals surface area contributed by atoms with E-state index in [0.29, 0.717) is 0 Å². The second-order valence-corrected chi connectivity index (χ2v) is 4.12. The van der Waals surface area contributed by atoms with Crippen LogP contribution in [0.1, 0.15) is 43.4 Å². The average molecular weight is 206 g/mol. The summed E-state index contributed by atoms with van der Waals surface area (Å²) in [6.07, 6.45) is 3.79. The first-order valence-corrected chi connectivity index (χ1v) is 5.75. The van der Waals surface area contributed by atoms with Crippen LogP contribution in [-0.4, -0.2) is 11.7 Å². The maximum atomic E-state index is 9.79. The van der Waals surface area contributed by atoms with Gasteiger partial charge in [-0.25, -0.2) is 0 Å². The van der Waals surface area contributed by atoms with Crippen LogP contribution in [0, 0.1) is 0 Å². The second kappa shape index (κ2) is 4.67. The second-order valence-electron chi connectivity index (χ2n) is 4.12. The lowest BCUT2D eigenvalue weighted by Gasteiger charge is -2.21. The molecule has 0 fully saturated rings. The summed E-state index contributed by atoms with van der Waals surface area (Å²) in [5, 5.41) is 9.79. The Bertz CT molecular complexity index is 333. The van der Waals surface area contributed by atoms with Crippen molar-refractivity contribution in [3.05, 3.63) is 29.3 Å². The zero-order chi connectivity index (χ0) is 10.7. The highest BCUT2D eigenvalue weighted by molar-refractivity contribution is 5.38. The molecule has 2 heteroatoms. The molecule has 0 saturated heterocycles. The van der Waals surface area contributed by atoms with Gasteiger partial charge in [0.15, 0.2) is 0 Å². The van der Waals surface area contributed by atoms with Crippen LogP contribution < -0.4 is 4.74 Å². The molecule has 0 aliphatic heterocycles. The highest BCUT2D eigenvalue weighted by Gasteiger charge is 2.17. The Hall–Kier alpha value is -1.02. The van der Waals surface area contributed by atoms with Gasteiger partial charge in [-0.15, -0.1) is 0 Å². The van der Waals surface area contributed by atoms with E-state index < -0.39 is 0 Å². The van der Waals surface area contributed by atoms with Gasteiger partial charge in [0.25, 0.3) is 0 Å². The Balaban J connectivity index is 2.18. The lowest BCUT2D eigenvalue weighted by molar-refractivity contribution is 0.156. The fourth-order valence-electron chi connectivity index (χ4n) is 2.07.